The number of esters is 1. The smallest absolute Gasteiger partial charge is 0.341 e. The van der Waals surface area contributed by atoms with Crippen molar-refractivity contribution in [3.8, 4) is 11.1 Å². The van der Waals surface area contributed by atoms with Gasteiger partial charge in [-0.3, -0.25) is 5.32 Å². The number of rotatable bonds is 6. The number of anilines is 1. The molecule has 35 heavy (non-hydrogen) atoms. The zero-order chi connectivity index (χ0) is 25.2. The van der Waals surface area contributed by atoms with Crippen LogP contribution in [0.3, 0.4) is 0 Å². The van der Waals surface area contributed by atoms with E-state index in [9.17, 15) is 9.59 Å². The van der Waals surface area contributed by atoms with Gasteiger partial charge in [0.1, 0.15) is 10.6 Å². The Morgan fingerprint density at radius 2 is 1.80 bits per heavy atom. The zero-order valence-corrected chi connectivity index (χ0v) is 21.6. The lowest BCUT2D eigenvalue weighted by Gasteiger charge is -2.27. The lowest BCUT2D eigenvalue weighted by molar-refractivity contribution is 0.0603. The Bertz CT molecular complexity index is 1290. The van der Waals surface area contributed by atoms with E-state index >= 15 is 0 Å². The molecule has 1 aromatic heterocycles. The minimum atomic E-state index is -0.639. The van der Waals surface area contributed by atoms with Crippen LogP contribution in [0.2, 0.25) is 0 Å². The van der Waals surface area contributed by atoms with Crippen LogP contribution in [0.15, 0.2) is 54.4 Å². The Balaban J connectivity index is 1.59. The number of allylic oxidation sites excluding steroid dienone is 1. The van der Waals surface area contributed by atoms with E-state index in [2.05, 4.69) is 35.4 Å². The van der Waals surface area contributed by atoms with Crippen LogP contribution in [0.1, 0.15) is 66.2 Å². The fourth-order valence-corrected chi connectivity index (χ4v) is 5.48. The lowest BCUT2D eigenvalue weighted by Crippen LogP contribution is -2.43. The number of aryl methyl sites for hydroxylation is 2. The summed E-state index contributed by atoms with van der Waals surface area (Å²) in [5.74, 6) is -0.470. The number of carbonyl (C=O) groups is 2. The number of thiophene rings is 1. The summed E-state index contributed by atoms with van der Waals surface area (Å²) in [5.41, 5.74) is 7.15. The second-order valence-electron chi connectivity index (χ2n) is 9.60. The van der Waals surface area contributed by atoms with Crippen LogP contribution in [-0.2, 0) is 23.1 Å². The summed E-state index contributed by atoms with van der Waals surface area (Å²) in [6.45, 7) is 9.85. The van der Waals surface area contributed by atoms with Crippen LogP contribution in [0.25, 0.3) is 16.7 Å². The molecule has 1 heterocycles. The summed E-state index contributed by atoms with van der Waals surface area (Å²) in [6, 6.07) is 14.0. The maximum absolute atomic E-state index is 13.0. The summed E-state index contributed by atoms with van der Waals surface area (Å²) < 4.78 is 5.09. The summed E-state index contributed by atoms with van der Waals surface area (Å²) in [5, 5.41) is 8.30. The molecule has 0 fully saturated rings. The summed E-state index contributed by atoms with van der Waals surface area (Å²) in [7, 11) is 1.36. The topological polar surface area (TPSA) is 67.4 Å². The summed E-state index contributed by atoms with van der Waals surface area (Å²) in [6.07, 6.45) is 4.55. The third-order valence-corrected chi connectivity index (χ3v) is 7.47. The van der Waals surface area contributed by atoms with E-state index < -0.39 is 11.5 Å². The highest BCUT2D eigenvalue weighted by Gasteiger charge is 2.27. The third kappa shape index (κ3) is 5.33. The van der Waals surface area contributed by atoms with E-state index in [1.54, 1.807) is 0 Å². The van der Waals surface area contributed by atoms with Crippen molar-refractivity contribution >= 4 is 33.9 Å². The van der Waals surface area contributed by atoms with Crippen LogP contribution < -0.4 is 10.6 Å². The maximum Gasteiger partial charge on any atom is 0.341 e. The Kier molecular flexibility index (Phi) is 7.13. The third-order valence-electron chi connectivity index (χ3n) is 6.57. The molecular weight excluding hydrogens is 456 g/mol. The molecule has 3 aromatic rings. The van der Waals surface area contributed by atoms with E-state index in [1.807, 2.05) is 50.4 Å². The first kappa shape index (κ1) is 24.7. The van der Waals surface area contributed by atoms with Gasteiger partial charge < -0.3 is 10.1 Å². The number of ether oxygens (including phenoxy) is 1. The van der Waals surface area contributed by atoms with Crippen LogP contribution in [-0.4, -0.2) is 19.1 Å². The molecule has 1 aliphatic carbocycles. The van der Waals surface area contributed by atoms with Crippen molar-refractivity contribution < 1.29 is 14.3 Å². The van der Waals surface area contributed by atoms with Gasteiger partial charge in [0.2, 0.25) is 0 Å². The molecule has 2 amide bonds. The predicted octanol–water partition coefficient (Wildman–Crippen LogP) is 7.17. The fraction of sp³-hybridized carbons (Fsp3) is 0.310. The molecule has 0 atom stereocenters. The fourth-order valence-electron chi connectivity index (χ4n) is 4.53. The molecule has 0 bridgehead atoms. The molecule has 1 aliphatic rings. The van der Waals surface area contributed by atoms with Gasteiger partial charge in [0, 0.05) is 10.9 Å². The van der Waals surface area contributed by atoms with Crippen LogP contribution >= 0.6 is 11.3 Å². The second-order valence-corrected chi connectivity index (χ2v) is 10.5. The number of benzene rings is 2. The van der Waals surface area contributed by atoms with Gasteiger partial charge in [-0.2, -0.15) is 0 Å². The molecule has 0 spiro atoms. The van der Waals surface area contributed by atoms with Crippen molar-refractivity contribution in [3.63, 3.8) is 0 Å². The van der Waals surface area contributed by atoms with Crippen LogP contribution in [0.4, 0.5) is 9.80 Å². The Hall–Kier alpha value is -3.38. The van der Waals surface area contributed by atoms with Crippen molar-refractivity contribution in [2.24, 2.45) is 0 Å². The molecule has 0 aliphatic heterocycles. The number of hydrogen-bond acceptors (Lipinski definition) is 4. The van der Waals surface area contributed by atoms with E-state index in [4.69, 9.17) is 4.74 Å². The largest absolute Gasteiger partial charge is 0.465 e. The number of carbonyl (C=O) groups excluding carboxylic acids is 2. The molecule has 0 radical (unpaired) electrons. The van der Waals surface area contributed by atoms with Gasteiger partial charge in [-0.25, -0.2) is 9.59 Å². The Morgan fingerprint density at radius 3 is 2.51 bits per heavy atom. The molecule has 6 heteroatoms. The summed E-state index contributed by atoms with van der Waals surface area (Å²) >= 11 is 1.32. The second kappa shape index (κ2) is 10.1. The number of urea groups is 1. The van der Waals surface area contributed by atoms with E-state index in [-0.39, 0.29) is 6.03 Å². The number of amides is 2. The molecule has 2 N–H and O–H groups in total. The Morgan fingerprint density at radius 1 is 1.06 bits per heavy atom. The molecule has 0 saturated heterocycles. The molecule has 182 valence electrons. The molecule has 5 nitrogen and oxygen atoms in total. The molecule has 0 saturated carbocycles. The van der Waals surface area contributed by atoms with Crippen molar-refractivity contribution in [1.29, 1.82) is 0 Å². The monoisotopic (exact) mass is 488 g/mol. The van der Waals surface area contributed by atoms with Gasteiger partial charge in [-0.15, -0.1) is 11.3 Å². The minimum Gasteiger partial charge on any atom is -0.465 e. The van der Waals surface area contributed by atoms with Gasteiger partial charge in [-0.05, 0) is 80.3 Å². The molecule has 0 unspecified atom stereocenters. The van der Waals surface area contributed by atoms with Crippen molar-refractivity contribution in [2.75, 3.05) is 12.4 Å². The number of hydrogen-bond donors (Lipinski definition) is 2. The van der Waals surface area contributed by atoms with Gasteiger partial charge in [0.15, 0.2) is 0 Å². The number of methoxy groups -OCH3 is 1. The standard InChI is InChI=1S/C29H32N2O3S/c1-18(2)20-11-8-12-23(16-20)29(3,4)31-28(33)30-26-25(27(32)34-5)24(17-35-26)22-14-13-19-9-6-7-10-21(19)15-22/h8,11-17H,1,6-7,9-10H2,2-5H3,(H2,30,31,33). The highest BCUT2D eigenvalue weighted by atomic mass is 32.1. The molecule has 2 aromatic carbocycles. The van der Waals surface area contributed by atoms with Crippen molar-refractivity contribution in [3.05, 3.63) is 82.2 Å². The highest BCUT2D eigenvalue weighted by Crippen LogP contribution is 2.38. The van der Waals surface area contributed by atoms with E-state index in [1.165, 1.54) is 42.4 Å². The zero-order valence-electron chi connectivity index (χ0n) is 20.8. The first-order chi connectivity index (χ1) is 16.7. The normalized spacial score (nSPS) is 13.0. The number of nitrogens with one attached hydrogen (secondary N) is 2. The van der Waals surface area contributed by atoms with Gasteiger partial charge in [0.25, 0.3) is 0 Å². The average Bonchev–Trinajstić information content (AvgIpc) is 3.26. The van der Waals surface area contributed by atoms with Crippen molar-refractivity contribution in [1.82, 2.24) is 5.32 Å². The van der Waals surface area contributed by atoms with Crippen LogP contribution in [0.5, 0.6) is 0 Å². The summed E-state index contributed by atoms with van der Waals surface area (Å²) in [4.78, 5) is 25.8. The van der Waals surface area contributed by atoms with Gasteiger partial charge in [-0.1, -0.05) is 48.6 Å². The first-order valence-corrected chi connectivity index (χ1v) is 12.7. The maximum atomic E-state index is 13.0. The molecule has 4 rings (SSSR count). The van der Waals surface area contributed by atoms with Crippen molar-refractivity contribution in [2.45, 2.75) is 52.0 Å². The number of fused-ring (bicyclic) bond motifs is 1. The Labute approximate surface area is 211 Å². The quantitative estimate of drug-likeness (QED) is 0.361. The van der Waals surface area contributed by atoms with Crippen LogP contribution in [0, 0.1) is 0 Å². The lowest BCUT2D eigenvalue weighted by atomic mass is 9.89. The first-order valence-electron chi connectivity index (χ1n) is 11.9. The highest BCUT2D eigenvalue weighted by molar-refractivity contribution is 7.15. The SMILES string of the molecule is C=C(C)c1cccc(C(C)(C)NC(=O)Nc2scc(-c3ccc4c(c3)CCCC4)c2C(=O)OC)c1. The van der Waals surface area contributed by atoms with E-state index in [0.29, 0.717) is 10.6 Å². The average molecular weight is 489 g/mol. The van der Waals surface area contributed by atoms with Gasteiger partial charge in [0.05, 0.1) is 12.6 Å². The predicted molar refractivity (Wildman–Crippen MR) is 144 cm³/mol. The molecular formula is C29H32N2O3S. The van der Waals surface area contributed by atoms with E-state index in [0.717, 1.165) is 40.7 Å². The minimum absolute atomic E-state index is 0.380. The van der Waals surface area contributed by atoms with Gasteiger partial charge >= 0.3 is 12.0 Å².